The van der Waals surface area contributed by atoms with Crippen LogP contribution in [0.2, 0.25) is 0 Å². The summed E-state index contributed by atoms with van der Waals surface area (Å²) in [7, 11) is 0.487. The number of likely N-dealkylation sites (N-methyl/N-ethyl adjacent to an activating group) is 1. The lowest BCUT2D eigenvalue weighted by atomic mass is 9.95. The van der Waals surface area contributed by atoms with Crippen LogP contribution in [0.5, 0.6) is 0 Å². The van der Waals surface area contributed by atoms with Crippen molar-refractivity contribution >= 4 is 33.0 Å². The second-order valence-electron chi connectivity index (χ2n) is 8.06. The number of hydrogen-bond donors (Lipinski definition) is 0. The maximum absolute atomic E-state index is 12.0. The van der Waals surface area contributed by atoms with E-state index >= 15 is 0 Å². The molecule has 2 aliphatic heterocycles. The topological polar surface area (TPSA) is 43.9 Å². The Morgan fingerprint density at radius 1 is 1.03 bits per heavy atom. The van der Waals surface area contributed by atoms with E-state index in [2.05, 4.69) is 47.2 Å². The van der Waals surface area contributed by atoms with Crippen molar-refractivity contribution in [2.24, 2.45) is 0 Å². The predicted molar refractivity (Wildman–Crippen MR) is 126 cm³/mol. The number of benzene rings is 2. The van der Waals surface area contributed by atoms with Gasteiger partial charge in [0.25, 0.3) is 0 Å². The molecule has 7 heteroatoms. The molecular formula is C23H29N3O2S2. The molecule has 4 rings (SSSR count). The molecule has 0 N–H and O–H groups in total. The third-order valence-electron chi connectivity index (χ3n) is 5.90. The lowest BCUT2D eigenvalue weighted by Crippen LogP contribution is -2.44. The van der Waals surface area contributed by atoms with Crippen molar-refractivity contribution in [1.29, 1.82) is 0 Å². The minimum Gasteiger partial charge on any atom is -0.304 e. The van der Waals surface area contributed by atoms with E-state index in [4.69, 9.17) is 0 Å². The van der Waals surface area contributed by atoms with Gasteiger partial charge in [0.05, 0.1) is 11.9 Å². The lowest BCUT2D eigenvalue weighted by Gasteiger charge is -2.32. The van der Waals surface area contributed by atoms with E-state index in [1.165, 1.54) is 31.5 Å². The van der Waals surface area contributed by atoms with Crippen molar-refractivity contribution in [2.45, 2.75) is 16.2 Å². The molecule has 2 aromatic rings. The summed E-state index contributed by atoms with van der Waals surface area (Å²) in [6, 6.07) is 14.4. The molecule has 160 valence electrons. The molecule has 2 aromatic carbocycles. The molecule has 0 radical (unpaired) electrons. The van der Waals surface area contributed by atoms with E-state index in [-0.39, 0.29) is 0 Å². The van der Waals surface area contributed by atoms with Crippen LogP contribution in [0.1, 0.15) is 17.5 Å². The number of sulfonamides is 1. The monoisotopic (exact) mass is 443 g/mol. The molecule has 2 aliphatic rings. The smallest absolute Gasteiger partial charge is 0.231 e. The van der Waals surface area contributed by atoms with Gasteiger partial charge in [-0.25, -0.2) is 8.42 Å². The molecule has 30 heavy (non-hydrogen) atoms. The van der Waals surface area contributed by atoms with Crippen LogP contribution in [0.15, 0.2) is 58.3 Å². The number of hydrogen-bond acceptors (Lipinski definition) is 5. The summed E-state index contributed by atoms with van der Waals surface area (Å²) in [5.41, 5.74) is 4.25. The lowest BCUT2D eigenvalue weighted by molar-refractivity contribution is 0.156. The number of nitrogens with zero attached hydrogens (tertiary/aromatic N) is 3. The van der Waals surface area contributed by atoms with Gasteiger partial charge in [-0.3, -0.25) is 4.31 Å². The van der Waals surface area contributed by atoms with E-state index < -0.39 is 10.0 Å². The van der Waals surface area contributed by atoms with Crippen LogP contribution in [0.4, 0.5) is 5.69 Å². The molecule has 0 aromatic heterocycles. The molecule has 1 fully saturated rings. The highest BCUT2D eigenvalue weighted by Crippen LogP contribution is 2.46. The molecule has 0 aliphatic carbocycles. The van der Waals surface area contributed by atoms with Gasteiger partial charge in [-0.2, -0.15) is 0 Å². The van der Waals surface area contributed by atoms with Crippen LogP contribution in [0.3, 0.4) is 0 Å². The van der Waals surface area contributed by atoms with E-state index in [1.807, 2.05) is 18.2 Å². The van der Waals surface area contributed by atoms with Gasteiger partial charge in [0.15, 0.2) is 0 Å². The van der Waals surface area contributed by atoms with Crippen LogP contribution in [0.25, 0.3) is 5.57 Å². The third kappa shape index (κ3) is 4.59. The van der Waals surface area contributed by atoms with E-state index in [0.29, 0.717) is 5.69 Å². The van der Waals surface area contributed by atoms with Crippen LogP contribution >= 0.6 is 11.8 Å². The molecule has 5 nitrogen and oxygen atoms in total. The number of piperazine rings is 1. The van der Waals surface area contributed by atoms with Gasteiger partial charge in [0.2, 0.25) is 10.0 Å². The zero-order valence-corrected chi connectivity index (χ0v) is 19.5. The Bertz CT molecular complexity index is 1060. The quantitative estimate of drug-likeness (QED) is 0.603. The summed E-state index contributed by atoms with van der Waals surface area (Å²) in [6.45, 7) is 5.53. The molecule has 0 atom stereocenters. The second-order valence-corrected chi connectivity index (χ2v) is 11.2. The maximum Gasteiger partial charge on any atom is 0.231 e. The number of fused-ring (bicyclic) bond motifs is 2. The molecule has 0 saturated carbocycles. The number of rotatable bonds is 5. The Balaban J connectivity index is 1.65. The minimum absolute atomic E-state index is 0.696. The first-order chi connectivity index (χ1) is 14.3. The fourth-order valence-electron chi connectivity index (χ4n) is 3.93. The van der Waals surface area contributed by atoms with Crippen molar-refractivity contribution < 1.29 is 8.42 Å². The highest BCUT2D eigenvalue weighted by atomic mass is 32.2. The maximum atomic E-state index is 12.0. The molecular weight excluding hydrogens is 414 g/mol. The Hall–Kier alpha value is -1.80. The standard InChI is InChI=1S/C23H29N3O2S2/c1-24-13-15-26(16-14-24)12-6-8-19-20-7-4-5-9-22(20)29-23-11-10-18(17-21(19)23)25(2)30(3,27)28/h4-5,7-11,17H,6,12-16H2,1-3H3. The molecule has 0 unspecified atom stereocenters. The summed E-state index contributed by atoms with van der Waals surface area (Å²) < 4.78 is 25.4. The van der Waals surface area contributed by atoms with Gasteiger partial charge in [-0.1, -0.05) is 36.0 Å². The van der Waals surface area contributed by atoms with Gasteiger partial charge in [0.1, 0.15) is 0 Å². The van der Waals surface area contributed by atoms with Crippen LogP contribution < -0.4 is 4.31 Å². The Morgan fingerprint density at radius 2 is 1.73 bits per heavy atom. The van der Waals surface area contributed by atoms with E-state index in [0.717, 1.165) is 44.7 Å². The van der Waals surface area contributed by atoms with Crippen molar-refractivity contribution in [3.63, 3.8) is 0 Å². The molecule has 2 heterocycles. The van der Waals surface area contributed by atoms with Crippen LogP contribution in [-0.2, 0) is 10.0 Å². The largest absolute Gasteiger partial charge is 0.304 e. The summed E-state index contributed by atoms with van der Waals surface area (Å²) in [4.78, 5) is 7.32. The van der Waals surface area contributed by atoms with Gasteiger partial charge < -0.3 is 9.80 Å². The van der Waals surface area contributed by atoms with Gasteiger partial charge in [-0.05, 0) is 54.4 Å². The van der Waals surface area contributed by atoms with Crippen LogP contribution in [0, 0.1) is 0 Å². The summed E-state index contributed by atoms with van der Waals surface area (Å²) in [5.74, 6) is 0. The average molecular weight is 444 g/mol. The summed E-state index contributed by atoms with van der Waals surface area (Å²) in [5, 5.41) is 0. The van der Waals surface area contributed by atoms with Crippen molar-refractivity contribution in [3.05, 3.63) is 59.7 Å². The molecule has 0 bridgehead atoms. The fraction of sp³-hybridized carbons (Fsp3) is 0.391. The Labute approximate surface area is 184 Å². The number of anilines is 1. The van der Waals surface area contributed by atoms with Crippen LogP contribution in [-0.4, -0.2) is 71.3 Å². The third-order valence-corrected chi connectivity index (χ3v) is 8.26. The minimum atomic E-state index is -3.30. The Kier molecular flexibility index (Phi) is 6.25. The first kappa shape index (κ1) is 21.4. The van der Waals surface area contributed by atoms with Gasteiger partial charge in [0, 0.05) is 49.6 Å². The first-order valence-corrected chi connectivity index (χ1v) is 13.0. The SMILES string of the molecule is CN1CCN(CCC=C2c3ccccc3Sc3ccc(N(C)S(C)(=O)=O)cc32)CC1. The predicted octanol–water partition coefficient (Wildman–Crippen LogP) is 3.62. The molecule has 0 spiro atoms. The second kappa shape index (κ2) is 8.75. The molecule has 1 saturated heterocycles. The first-order valence-electron chi connectivity index (χ1n) is 10.3. The normalized spacial score (nSPS) is 18.8. The van der Waals surface area contributed by atoms with Crippen molar-refractivity contribution in [3.8, 4) is 0 Å². The zero-order valence-electron chi connectivity index (χ0n) is 17.8. The van der Waals surface area contributed by atoms with E-state index in [9.17, 15) is 8.42 Å². The summed E-state index contributed by atoms with van der Waals surface area (Å²) >= 11 is 1.75. The van der Waals surface area contributed by atoms with Gasteiger partial charge >= 0.3 is 0 Å². The highest BCUT2D eigenvalue weighted by Gasteiger charge is 2.23. The highest BCUT2D eigenvalue weighted by molar-refractivity contribution is 7.99. The van der Waals surface area contributed by atoms with Gasteiger partial charge in [-0.15, -0.1) is 0 Å². The van der Waals surface area contributed by atoms with E-state index in [1.54, 1.807) is 18.8 Å². The van der Waals surface area contributed by atoms with Crippen molar-refractivity contribution in [2.75, 3.05) is 57.4 Å². The average Bonchev–Trinajstić information content (AvgIpc) is 2.73. The molecule has 0 amide bonds. The zero-order chi connectivity index (χ0) is 21.3. The van der Waals surface area contributed by atoms with Crippen molar-refractivity contribution in [1.82, 2.24) is 9.80 Å². The Morgan fingerprint density at radius 3 is 2.47 bits per heavy atom. The summed E-state index contributed by atoms with van der Waals surface area (Å²) in [6.07, 6.45) is 4.55. The fourth-order valence-corrected chi connectivity index (χ4v) is 5.51.